The third-order valence-electron chi connectivity index (χ3n) is 2.22. The van der Waals surface area contributed by atoms with Crippen molar-refractivity contribution in [3.05, 3.63) is 24.3 Å². The van der Waals surface area contributed by atoms with Crippen LogP contribution in [0.25, 0.3) is 0 Å². The molecule has 2 aliphatic carbocycles. The minimum Gasteiger partial charge on any atom is -0.365 e. The van der Waals surface area contributed by atoms with Crippen molar-refractivity contribution in [1.29, 1.82) is 0 Å². The predicted molar refractivity (Wildman–Crippen MR) is 36.5 cm³/mol. The number of carbonyl (C=O) groups is 1. The van der Waals surface area contributed by atoms with Crippen molar-refractivity contribution in [2.75, 3.05) is 7.11 Å². The van der Waals surface area contributed by atoms with Crippen LogP contribution in [-0.2, 0) is 9.53 Å². The summed E-state index contributed by atoms with van der Waals surface area (Å²) in [6.07, 6.45) is 7.27. The first-order valence-electron chi connectivity index (χ1n) is 3.27. The summed E-state index contributed by atoms with van der Waals surface area (Å²) in [4.78, 5) is 11.1. The van der Waals surface area contributed by atoms with E-state index in [1.54, 1.807) is 13.2 Å². The third kappa shape index (κ3) is 0.421. The lowest BCUT2D eigenvalue weighted by Gasteiger charge is -2.34. The molecule has 2 atom stereocenters. The first-order chi connectivity index (χ1) is 4.79. The van der Waals surface area contributed by atoms with Crippen LogP contribution in [-0.4, -0.2) is 18.5 Å². The van der Waals surface area contributed by atoms with Crippen LogP contribution in [0, 0.1) is 5.92 Å². The predicted octanol–water partition coefficient (Wildman–Crippen LogP) is 0.697. The lowest BCUT2D eigenvalue weighted by atomic mass is 9.79. The largest absolute Gasteiger partial charge is 0.365 e. The molecule has 52 valence electrons. The molecule has 0 saturated heterocycles. The highest BCUT2D eigenvalue weighted by Crippen LogP contribution is 2.39. The molecule has 0 bridgehead atoms. The van der Waals surface area contributed by atoms with Gasteiger partial charge in [-0.25, -0.2) is 0 Å². The highest BCUT2D eigenvalue weighted by Gasteiger charge is 2.49. The number of ether oxygens (including phenoxy) is 1. The van der Waals surface area contributed by atoms with Gasteiger partial charge in [-0.3, -0.25) is 4.79 Å². The molecule has 2 unspecified atom stereocenters. The van der Waals surface area contributed by atoms with Gasteiger partial charge in [-0.1, -0.05) is 12.2 Å². The number of hydrogen-bond acceptors (Lipinski definition) is 2. The summed E-state index contributed by atoms with van der Waals surface area (Å²) in [5.74, 6) is 0.271. The maximum Gasteiger partial charge on any atom is 0.192 e. The fraction of sp³-hybridized carbons (Fsp3) is 0.375. The third-order valence-corrected chi connectivity index (χ3v) is 2.22. The maximum atomic E-state index is 11.1. The van der Waals surface area contributed by atoms with E-state index < -0.39 is 5.60 Å². The molecule has 0 aromatic rings. The molecule has 2 aliphatic rings. The Morgan fingerprint density at radius 3 is 2.70 bits per heavy atom. The summed E-state index contributed by atoms with van der Waals surface area (Å²) >= 11 is 0. The molecule has 2 rings (SSSR count). The van der Waals surface area contributed by atoms with Gasteiger partial charge in [-0.2, -0.15) is 0 Å². The van der Waals surface area contributed by atoms with E-state index >= 15 is 0 Å². The normalized spacial score (nSPS) is 41.7. The smallest absolute Gasteiger partial charge is 0.192 e. The van der Waals surface area contributed by atoms with Crippen molar-refractivity contribution in [3.8, 4) is 0 Å². The minimum absolute atomic E-state index is 0.0718. The monoisotopic (exact) mass is 136 g/mol. The van der Waals surface area contributed by atoms with Gasteiger partial charge >= 0.3 is 0 Å². The van der Waals surface area contributed by atoms with Crippen LogP contribution >= 0.6 is 0 Å². The Bertz CT molecular complexity index is 240. The molecule has 0 radical (unpaired) electrons. The molecule has 0 aliphatic heterocycles. The number of hydrogen-bond donors (Lipinski definition) is 0. The van der Waals surface area contributed by atoms with Gasteiger partial charge < -0.3 is 4.74 Å². The quantitative estimate of drug-likeness (QED) is 0.496. The van der Waals surface area contributed by atoms with Gasteiger partial charge in [0, 0.05) is 13.0 Å². The molecule has 0 saturated carbocycles. The summed E-state index contributed by atoms with van der Waals surface area (Å²) in [6.45, 7) is 0. The number of fused-ring (bicyclic) bond motifs is 1. The maximum absolute atomic E-state index is 11.1. The second-order valence-corrected chi connectivity index (χ2v) is 2.61. The fourth-order valence-corrected chi connectivity index (χ4v) is 1.46. The molecule has 2 heteroatoms. The van der Waals surface area contributed by atoms with Crippen molar-refractivity contribution in [3.63, 3.8) is 0 Å². The van der Waals surface area contributed by atoms with Crippen molar-refractivity contribution < 1.29 is 9.53 Å². The first-order valence-corrected chi connectivity index (χ1v) is 3.27. The number of methoxy groups -OCH3 is 1. The Morgan fingerprint density at radius 2 is 2.40 bits per heavy atom. The molecule has 0 aromatic carbocycles. The van der Waals surface area contributed by atoms with Gasteiger partial charge in [0.05, 0.1) is 0 Å². The van der Waals surface area contributed by atoms with Gasteiger partial charge in [0.25, 0.3) is 0 Å². The molecule has 10 heavy (non-hydrogen) atoms. The van der Waals surface area contributed by atoms with Crippen LogP contribution in [0.2, 0.25) is 0 Å². The van der Waals surface area contributed by atoms with Crippen LogP contribution in [0.1, 0.15) is 0 Å². The van der Waals surface area contributed by atoms with Crippen molar-refractivity contribution >= 4 is 5.78 Å². The minimum atomic E-state index is -0.597. The zero-order chi connectivity index (χ0) is 7.19. The molecule has 0 fully saturated rings. The molecule has 0 amide bonds. The average molecular weight is 136 g/mol. The van der Waals surface area contributed by atoms with Crippen LogP contribution in [0.3, 0.4) is 0 Å². The van der Waals surface area contributed by atoms with Crippen molar-refractivity contribution in [1.82, 2.24) is 0 Å². The molecule has 0 aromatic heterocycles. The summed E-state index contributed by atoms with van der Waals surface area (Å²) in [6, 6.07) is 0. The van der Waals surface area contributed by atoms with E-state index in [-0.39, 0.29) is 11.7 Å². The zero-order valence-electron chi connectivity index (χ0n) is 5.70. The van der Waals surface area contributed by atoms with Crippen LogP contribution < -0.4 is 0 Å². The molecular weight excluding hydrogens is 128 g/mol. The van der Waals surface area contributed by atoms with Gasteiger partial charge in [0.2, 0.25) is 0 Å². The highest BCUT2D eigenvalue weighted by atomic mass is 16.5. The highest BCUT2D eigenvalue weighted by molar-refractivity contribution is 6.03. The van der Waals surface area contributed by atoms with Crippen LogP contribution in [0.4, 0.5) is 0 Å². The summed E-state index contributed by atoms with van der Waals surface area (Å²) in [5.41, 5.74) is -0.597. The summed E-state index contributed by atoms with van der Waals surface area (Å²) < 4.78 is 5.11. The Balaban J connectivity index is 2.40. The van der Waals surface area contributed by atoms with E-state index in [0.717, 1.165) is 0 Å². The van der Waals surface area contributed by atoms with E-state index in [1.807, 2.05) is 18.2 Å². The SMILES string of the molecule is COC12C=CC1C=CC2=O. The van der Waals surface area contributed by atoms with E-state index in [1.165, 1.54) is 0 Å². The second-order valence-electron chi connectivity index (χ2n) is 2.61. The van der Waals surface area contributed by atoms with Crippen LogP contribution in [0.15, 0.2) is 24.3 Å². The van der Waals surface area contributed by atoms with Crippen molar-refractivity contribution in [2.45, 2.75) is 5.60 Å². The van der Waals surface area contributed by atoms with E-state index in [2.05, 4.69) is 0 Å². The number of carbonyl (C=O) groups excluding carboxylic acids is 1. The Kier molecular flexibility index (Phi) is 0.926. The second kappa shape index (κ2) is 1.58. The lowest BCUT2D eigenvalue weighted by molar-refractivity contribution is -0.132. The number of ketones is 1. The molecule has 0 spiro atoms. The van der Waals surface area contributed by atoms with Gasteiger partial charge in [0.15, 0.2) is 11.4 Å². The molecule has 0 N–H and O–H groups in total. The van der Waals surface area contributed by atoms with E-state index in [4.69, 9.17) is 4.74 Å². The number of rotatable bonds is 1. The van der Waals surface area contributed by atoms with E-state index in [9.17, 15) is 4.79 Å². The Labute approximate surface area is 59.2 Å². The van der Waals surface area contributed by atoms with Crippen molar-refractivity contribution in [2.24, 2.45) is 5.92 Å². The first kappa shape index (κ1) is 5.86. The Morgan fingerprint density at radius 1 is 1.60 bits per heavy atom. The van der Waals surface area contributed by atoms with Gasteiger partial charge in [-0.05, 0) is 12.2 Å². The van der Waals surface area contributed by atoms with Gasteiger partial charge in [0.1, 0.15) is 0 Å². The standard InChI is InChI=1S/C8H8O2/c1-10-8-5-4-6(8)2-3-7(8)9/h2-6H,1H3. The summed E-state index contributed by atoms with van der Waals surface area (Å²) in [7, 11) is 1.57. The molecule has 2 nitrogen and oxygen atoms in total. The molecule has 0 heterocycles. The Hall–Kier alpha value is -0.890. The fourth-order valence-electron chi connectivity index (χ4n) is 1.46. The summed E-state index contributed by atoms with van der Waals surface area (Å²) in [5, 5.41) is 0. The zero-order valence-corrected chi connectivity index (χ0v) is 5.70. The lowest BCUT2D eigenvalue weighted by Crippen LogP contribution is -2.45. The van der Waals surface area contributed by atoms with Gasteiger partial charge in [-0.15, -0.1) is 0 Å². The topological polar surface area (TPSA) is 26.3 Å². The molecular formula is C8H8O2. The van der Waals surface area contributed by atoms with E-state index in [0.29, 0.717) is 0 Å². The average Bonchev–Trinajstić information content (AvgIpc) is 2.06. The van der Waals surface area contributed by atoms with Crippen LogP contribution in [0.5, 0.6) is 0 Å².